The number of carbonyl (C=O) groups excluding carboxylic acids is 1. The number of carbonyl (C=O) groups is 3. The molecule has 0 fully saturated rings. The molecule has 0 aliphatic carbocycles. The van der Waals surface area contributed by atoms with Gasteiger partial charge in [-0.3, -0.25) is 9.59 Å². The maximum absolute atomic E-state index is 11.6. The van der Waals surface area contributed by atoms with Gasteiger partial charge in [-0.1, -0.05) is 12.8 Å². The van der Waals surface area contributed by atoms with E-state index >= 15 is 0 Å². The quantitative estimate of drug-likeness (QED) is 0.284. The Morgan fingerprint density at radius 2 is 1.50 bits per heavy atom. The fraction of sp³-hybridized carbons (Fsp3) is 0.786. The van der Waals surface area contributed by atoms with E-state index in [-0.39, 0.29) is 70.1 Å². The zero-order valence-electron chi connectivity index (χ0n) is 12.3. The average molecular weight is 342 g/mol. The molecule has 0 aliphatic rings. The van der Waals surface area contributed by atoms with E-state index < -0.39 is 18.0 Å². The van der Waals surface area contributed by atoms with Crippen molar-refractivity contribution in [3.8, 4) is 0 Å². The van der Waals surface area contributed by atoms with Gasteiger partial charge in [-0.2, -0.15) is 0 Å². The first-order valence-corrected chi connectivity index (χ1v) is 7.41. The van der Waals surface area contributed by atoms with Gasteiger partial charge in [0.25, 0.3) is 0 Å². The van der Waals surface area contributed by atoms with Gasteiger partial charge in [0.1, 0.15) is 6.04 Å². The summed E-state index contributed by atoms with van der Waals surface area (Å²) in [6.45, 7) is 0.511. The Balaban J connectivity index is 0. The van der Waals surface area contributed by atoms with Crippen molar-refractivity contribution in [2.45, 2.75) is 63.8 Å². The number of rotatable bonds is 13. The molecule has 0 spiro atoms. The number of nitrogens with one attached hydrogen (secondary N) is 1. The van der Waals surface area contributed by atoms with Gasteiger partial charge in [0, 0.05) is 12.8 Å². The van der Waals surface area contributed by atoms with E-state index in [1.54, 1.807) is 0 Å². The van der Waals surface area contributed by atoms with E-state index in [9.17, 15) is 14.4 Å². The third kappa shape index (κ3) is 14.9. The van der Waals surface area contributed by atoms with Gasteiger partial charge in [-0.25, -0.2) is 4.79 Å². The molecular formula is C14H27KN2O5. The topological polar surface area (TPSA) is 130 Å². The normalized spacial score (nSPS) is 11.3. The molecular weight excluding hydrogens is 315 g/mol. The van der Waals surface area contributed by atoms with E-state index in [1.165, 1.54) is 0 Å². The van der Waals surface area contributed by atoms with Crippen LogP contribution in [0.25, 0.3) is 0 Å². The van der Waals surface area contributed by atoms with Gasteiger partial charge in [0.2, 0.25) is 5.91 Å². The van der Waals surface area contributed by atoms with Gasteiger partial charge >= 0.3 is 63.3 Å². The van der Waals surface area contributed by atoms with Crippen LogP contribution in [-0.2, 0) is 14.4 Å². The van der Waals surface area contributed by atoms with Crippen molar-refractivity contribution in [1.29, 1.82) is 0 Å². The summed E-state index contributed by atoms with van der Waals surface area (Å²) >= 11 is 0. The van der Waals surface area contributed by atoms with Crippen LogP contribution in [0.4, 0.5) is 0 Å². The van der Waals surface area contributed by atoms with Crippen LogP contribution in [0.5, 0.6) is 0 Å². The number of unbranched alkanes of at least 4 members (excludes halogenated alkanes) is 4. The molecule has 1 amide bonds. The van der Waals surface area contributed by atoms with Crippen molar-refractivity contribution in [2.75, 3.05) is 6.54 Å². The molecule has 0 heterocycles. The SMILES string of the molecule is NCCCC[C@H](NC(=O)CCCCCCC(=O)O)C(=O)O.[KH]. The van der Waals surface area contributed by atoms with Gasteiger partial charge in [-0.15, -0.1) is 0 Å². The van der Waals surface area contributed by atoms with Gasteiger partial charge in [0.15, 0.2) is 0 Å². The number of carboxylic acids is 2. The van der Waals surface area contributed by atoms with Crippen LogP contribution in [0.1, 0.15) is 57.8 Å². The van der Waals surface area contributed by atoms with Crippen LogP contribution in [0, 0.1) is 0 Å². The van der Waals surface area contributed by atoms with Gasteiger partial charge in [-0.05, 0) is 38.6 Å². The zero-order chi connectivity index (χ0) is 16.1. The molecule has 7 nitrogen and oxygen atoms in total. The summed E-state index contributed by atoms with van der Waals surface area (Å²) in [6, 6.07) is -0.851. The summed E-state index contributed by atoms with van der Waals surface area (Å²) in [5, 5.41) is 20.0. The Labute approximate surface area is 173 Å². The Hall–Kier alpha value is 0.00636. The Kier molecular flexibility index (Phi) is 17.5. The van der Waals surface area contributed by atoms with Crippen molar-refractivity contribution in [3.05, 3.63) is 0 Å². The van der Waals surface area contributed by atoms with Crippen LogP contribution >= 0.6 is 0 Å². The number of nitrogens with two attached hydrogens (primary N) is 1. The van der Waals surface area contributed by atoms with Crippen LogP contribution in [-0.4, -0.2) is 92.0 Å². The molecule has 124 valence electrons. The van der Waals surface area contributed by atoms with Crippen molar-refractivity contribution in [2.24, 2.45) is 5.73 Å². The summed E-state index contributed by atoms with van der Waals surface area (Å²) in [7, 11) is 0. The standard InChI is InChI=1S/C14H26N2O5.K.H/c15-10-6-5-7-11(14(20)21)16-12(17)8-3-1-2-4-9-13(18)19;;/h11H,1-10,15H2,(H,16,17)(H,18,19)(H,20,21);;/t11-;;/m0../s1. The second-order valence-electron chi connectivity index (χ2n) is 5.05. The van der Waals surface area contributed by atoms with Crippen LogP contribution in [0.15, 0.2) is 0 Å². The monoisotopic (exact) mass is 342 g/mol. The Morgan fingerprint density at radius 1 is 0.909 bits per heavy atom. The van der Waals surface area contributed by atoms with Gasteiger partial charge < -0.3 is 21.3 Å². The number of hydrogen-bond acceptors (Lipinski definition) is 4. The third-order valence-electron chi connectivity index (χ3n) is 3.12. The Bertz CT molecular complexity index is 339. The first-order chi connectivity index (χ1) is 9.97. The molecule has 0 aliphatic heterocycles. The van der Waals surface area contributed by atoms with Gasteiger partial charge in [0.05, 0.1) is 0 Å². The fourth-order valence-corrected chi connectivity index (χ4v) is 1.93. The molecule has 8 heteroatoms. The molecule has 0 saturated heterocycles. The van der Waals surface area contributed by atoms with Crippen LogP contribution in [0.2, 0.25) is 0 Å². The second kappa shape index (κ2) is 15.9. The van der Waals surface area contributed by atoms with Crippen molar-refractivity contribution in [1.82, 2.24) is 5.32 Å². The molecule has 0 aromatic heterocycles. The fourth-order valence-electron chi connectivity index (χ4n) is 1.93. The molecule has 0 rings (SSSR count). The molecule has 0 bridgehead atoms. The Morgan fingerprint density at radius 3 is 2.00 bits per heavy atom. The average Bonchev–Trinajstić information content (AvgIpc) is 2.41. The number of carboxylic acid groups (broad SMARTS) is 2. The number of hydrogen-bond donors (Lipinski definition) is 4. The van der Waals surface area contributed by atoms with Crippen LogP contribution in [0.3, 0.4) is 0 Å². The maximum atomic E-state index is 11.6. The molecule has 22 heavy (non-hydrogen) atoms. The van der Waals surface area contributed by atoms with Crippen molar-refractivity contribution in [3.63, 3.8) is 0 Å². The summed E-state index contributed by atoms with van der Waals surface area (Å²) in [5.41, 5.74) is 5.34. The summed E-state index contributed by atoms with van der Waals surface area (Å²) in [5.74, 6) is -2.11. The molecule has 0 radical (unpaired) electrons. The molecule has 0 aromatic rings. The third-order valence-corrected chi connectivity index (χ3v) is 3.12. The molecule has 0 saturated carbocycles. The predicted octanol–water partition coefficient (Wildman–Crippen LogP) is 0.462. The molecule has 1 atom stereocenters. The van der Waals surface area contributed by atoms with E-state index in [2.05, 4.69) is 5.32 Å². The molecule has 5 N–H and O–H groups in total. The molecule has 0 unspecified atom stereocenters. The van der Waals surface area contributed by atoms with Crippen molar-refractivity contribution < 1.29 is 24.6 Å². The summed E-state index contributed by atoms with van der Waals surface area (Å²) in [6.07, 6.45) is 4.99. The minimum atomic E-state index is -1.03. The minimum absolute atomic E-state index is 0. The van der Waals surface area contributed by atoms with E-state index in [0.29, 0.717) is 32.2 Å². The molecule has 0 aromatic carbocycles. The summed E-state index contributed by atoms with van der Waals surface area (Å²) < 4.78 is 0. The van der Waals surface area contributed by atoms with Crippen molar-refractivity contribution >= 4 is 69.2 Å². The van der Waals surface area contributed by atoms with E-state index in [4.69, 9.17) is 15.9 Å². The zero-order valence-corrected chi connectivity index (χ0v) is 12.3. The van der Waals surface area contributed by atoms with E-state index in [1.807, 2.05) is 0 Å². The van der Waals surface area contributed by atoms with Crippen LogP contribution < -0.4 is 11.1 Å². The predicted molar refractivity (Wildman–Crippen MR) is 85.0 cm³/mol. The number of amides is 1. The first kappa shape index (κ1) is 24.3. The number of aliphatic carboxylic acids is 2. The first-order valence-electron chi connectivity index (χ1n) is 7.41. The second-order valence-corrected chi connectivity index (χ2v) is 5.05. The van der Waals surface area contributed by atoms with E-state index in [0.717, 1.165) is 19.3 Å². The summed E-state index contributed by atoms with van der Waals surface area (Å²) in [4.78, 5) is 33.0.